The van der Waals surface area contributed by atoms with E-state index in [1.54, 1.807) is 13.8 Å². The molecule has 0 aliphatic carbocycles. The second-order valence-electron chi connectivity index (χ2n) is 5.59. The summed E-state index contributed by atoms with van der Waals surface area (Å²) < 4.78 is 31.5. The summed E-state index contributed by atoms with van der Waals surface area (Å²) in [5.74, 6) is -2.41. The van der Waals surface area contributed by atoms with E-state index in [0.29, 0.717) is 17.9 Å². The molecule has 0 aliphatic rings. The number of hydrogen-bond donors (Lipinski definition) is 2. The standard InChI is InChI=1S/C17H19F2N3O3/c1-9-12(10(2)25-22-9)5-7-15(23)21-16(17(24)20-3)11-4-6-13(18)14(19)8-11/h4,6,8,16H,5,7H2,1-3H3,(H,20,24)(H,21,23). The fourth-order valence-electron chi connectivity index (χ4n) is 2.47. The molecule has 1 aromatic carbocycles. The van der Waals surface area contributed by atoms with Crippen molar-refractivity contribution in [3.05, 3.63) is 52.4 Å². The predicted octanol–water partition coefficient (Wildman–Crippen LogP) is 2.11. The van der Waals surface area contributed by atoms with Crippen LogP contribution < -0.4 is 10.6 Å². The monoisotopic (exact) mass is 351 g/mol. The summed E-state index contributed by atoms with van der Waals surface area (Å²) in [5.41, 5.74) is 1.69. The van der Waals surface area contributed by atoms with Crippen LogP contribution in [-0.4, -0.2) is 24.0 Å². The Balaban J connectivity index is 2.10. The second kappa shape index (κ2) is 7.87. The van der Waals surface area contributed by atoms with Gasteiger partial charge in [0.1, 0.15) is 11.8 Å². The van der Waals surface area contributed by atoms with E-state index in [-0.39, 0.29) is 12.0 Å². The highest BCUT2D eigenvalue weighted by Gasteiger charge is 2.23. The number of aromatic nitrogens is 1. The first-order valence-electron chi connectivity index (χ1n) is 7.71. The Morgan fingerprint density at radius 2 is 1.96 bits per heavy atom. The van der Waals surface area contributed by atoms with Crippen LogP contribution in [0.2, 0.25) is 0 Å². The number of nitrogens with one attached hydrogen (secondary N) is 2. The van der Waals surface area contributed by atoms with Crippen LogP contribution in [-0.2, 0) is 16.0 Å². The molecule has 1 heterocycles. The van der Waals surface area contributed by atoms with Gasteiger partial charge in [-0.05, 0) is 38.0 Å². The number of carbonyl (C=O) groups excluding carboxylic acids is 2. The van der Waals surface area contributed by atoms with Crippen molar-refractivity contribution >= 4 is 11.8 Å². The summed E-state index contributed by atoms with van der Waals surface area (Å²) in [6.07, 6.45) is 0.491. The van der Waals surface area contributed by atoms with Gasteiger partial charge >= 0.3 is 0 Å². The number of nitrogens with zero attached hydrogens (tertiary/aromatic N) is 1. The molecule has 8 heteroatoms. The van der Waals surface area contributed by atoms with Gasteiger partial charge in [0.2, 0.25) is 11.8 Å². The third-order valence-corrected chi connectivity index (χ3v) is 3.87. The molecule has 0 saturated heterocycles. The summed E-state index contributed by atoms with van der Waals surface area (Å²) in [6.45, 7) is 3.53. The van der Waals surface area contributed by atoms with Crippen molar-refractivity contribution in [1.82, 2.24) is 15.8 Å². The number of aryl methyl sites for hydroxylation is 2. The van der Waals surface area contributed by atoms with Crippen LogP contribution in [0.15, 0.2) is 22.7 Å². The Hall–Kier alpha value is -2.77. The lowest BCUT2D eigenvalue weighted by Gasteiger charge is -2.18. The van der Waals surface area contributed by atoms with E-state index in [1.807, 2.05) is 0 Å². The van der Waals surface area contributed by atoms with Gasteiger partial charge in [0.15, 0.2) is 11.6 Å². The SMILES string of the molecule is CNC(=O)C(NC(=O)CCc1c(C)noc1C)c1ccc(F)c(F)c1. The first kappa shape index (κ1) is 18.6. The molecule has 2 amide bonds. The summed E-state index contributed by atoms with van der Waals surface area (Å²) in [4.78, 5) is 24.2. The fraction of sp³-hybridized carbons (Fsp3) is 0.353. The lowest BCUT2D eigenvalue weighted by Crippen LogP contribution is -2.39. The lowest BCUT2D eigenvalue weighted by atomic mass is 10.0. The number of halogens is 2. The van der Waals surface area contributed by atoms with Crippen molar-refractivity contribution in [3.8, 4) is 0 Å². The van der Waals surface area contributed by atoms with Crippen LogP contribution in [0.4, 0.5) is 8.78 Å². The normalized spacial score (nSPS) is 11.9. The van der Waals surface area contributed by atoms with Gasteiger partial charge in [-0.2, -0.15) is 0 Å². The van der Waals surface area contributed by atoms with Crippen molar-refractivity contribution in [1.29, 1.82) is 0 Å². The number of hydrogen-bond acceptors (Lipinski definition) is 4. The number of amides is 2. The van der Waals surface area contributed by atoms with E-state index < -0.39 is 29.5 Å². The van der Waals surface area contributed by atoms with Gasteiger partial charge < -0.3 is 15.2 Å². The molecule has 25 heavy (non-hydrogen) atoms. The second-order valence-corrected chi connectivity index (χ2v) is 5.59. The molecule has 1 aromatic heterocycles. The molecule has 0 spiro atoms. The predicted molar refractivity (Wildman–Crippen MR) is 85.6 cm³/mol. The van der Waals surface area contributed by atoms with Gasteiger partial charge in [0, 0.05) is 19.0 Å². The highest BCUT2D eigenvalue weighted by atomic mass is 19.2. The van der Waals surface area contributed by atoms with Crippen molar-refractivity contribution in [2.45, 2.75) is 32.7 Å². The molecule has 2 aromatic rings. The van der Waals surface area contributed by atoms with Crippen LogP contribution in [0.3, 0.4) is 0 Å². The molecule has 0 aliphatic heterocycles. The topological polar surface area (TPSA) is 84.2 Å². The molecular formula is C17H19F2N3O3. The maximum absolute atomic E-state index is 13.4. The third-order valence-electron chi connectivity index (χ3n) is 3.87. The highest BCUT2D eigenvalue weighted by Crippen LogP contribution is 2.18. The van der Waals surface area contributed by atoms with Crippen molar-refractivity contribution in [3.63, 3.8) is 0 Å². The average molecular weight is 351 g/mol. The maximum Gasteiger partial charge on any atom is 0.246 e. The van der Waals surface area contributed by atoms with Crippen molar-refractivity contribution < 1.29 is 22.9 Å². The highest BCUT2D eigenvalue weighted by molar-refractivity contribution is 5.88. The van der Waals surface area contributed by atoms with E-state index in [9.17, 15) is 18.4 Å². The lowest BCUT2D eigenvalue weighted by molar-refractivity contribution is -0.128. The van der Waals surface area contributed by atoms with Crippen molar-refractivity contribution in [2.24, 2.45) is 0 Å². The van der Waals surface area contributed by atoms with Gasteiger partial charge in [0.05, 0.1) is 5.69 Å². The van der Waals surface area contributed by atoms with Crippen LogP contribution in [0.5, 0.6) is 0 Å². The molecule has 0 radical (unpaired) electrons. The molecule has 6 nitrogen and oxygen atoms in total. The van der Waals surface area contributed by atoms with Gasteiger partial charge in [-0.15, -0.1) is 0 Å². The van der Waals surface area contributed by atoms with E-state index in [0.717, 1.165) is 17.7 Å². The number of carbonyl (C=O) groups is 2. The first-order chi connectivity index (χ1) is 11.8. The van der Waals surface area contributed by atoms with Gasteiger partial charge in [-0.25, -0.2) is 8.78 Å². The third kappa shape index (κ3) is 4.40. The van der Waals surface area contributed by atoms with E-state index in [2.05, 4.69) is 15.8 Å². The number of rotatable bonds is 6. The Labute approximate surface area is 143 Å². The van der Waals surface area contributed by atoms with E-state index in [1.165, 1.54) is 13.1 Å². The van der Waals surface area contributed by atoms with Crippen LogP contribution >= 0.6 is 0 Å². The maximum atomic E-state index is 13.4. The number of benzene rings is 1. The van der Waals surface area contributed by atoms with Crippen molar-refractivity contribution in [2.75, 3.05) is 7.05 Å². The van der Waals surface area contributed by atoms with E-state index >= 15 is 0 Å². The Morgan fingerprint density at radius 1 is 1.24 bits per heavy atom. The zero-order chi connectivity index (χ0) is 18.6. The summed E-state index contributed by atoms with van der Waals surface area (Å²) in [5, 5.41) is 8.75. The molecule has 0 bridgehead atoms. The fourth-order valence-corrected chi connectivity index (χ4v) is 2.47. The zero-order valence-electron chi connectivity index (χ0n) is 14.2. The van der Waals surface area contributed by atoms with Gasteiger partial charge in [-0.1, -0.05) is 11.2 Å². The van der Waals surface area contributed by atoms with Crippen LogP contribution in [0.1, 0.15) is 35.0 Å². The molecule has 1 unspecified atom stereocenters. The molecule has 2 rings (SSSR count). The minimum atomic E-state index is -1.11. The average Bonchev–Trinajstić information content (AvgIpc) is 2.91. The van der Waals surface area contributed by atoms with Gasteiger partial charge in [0.25, 0.3) is 0 Å². The Kier molecular flexibility index (Phi) is 5.84. The summed E-state index contributed by atoms with van der Waals surface area (Å²) in [6, 6.07) is 1.95. The number of likely N-dealkylation sites (N-methyl/N-ethyl adjacent to an activating group) is 1. The minimum absolute atomic E-state index is 0.0973. The molecule has 1 atom stereocenters. The molecular weight excluding hydrogens is 332 g/mol. The smallest absolute Gasteiger partial charge is 0.246 e. The largest absolute Gasteiger partial charge is 0.361 e. The molecule has 0 fully saturated rings. The van der Waals surface area contributed by atoms with Crippen LogP contribution in [0, 0.1) is 25.5 Å². The zero-order valence-corrected chi connectivity index (χ0v) is 14.2. The minimum Gasteiger partial charge on any atom is -0.361 e. The van der Waals surface area contributed by atoms with Crippen LogP contribution in [0.25, 0.3) is 0 Å². The summed E-state index contributed by atoms with van der Waals surface area (Å²) >= 11 is 0. The quantitative estimate of drug-likeness (QED) is 0.835. The summed E-state index contributed by atoms with van der Waals surface area (Å²) in [7, 11) is 1.39. The molecule has 134 valence electrons. The molecule has 2 N–H and O–H groups in total. The first-order valence-corrected chi connectivity index (χ1v) is 7.71. The Bertz CT molecular complexity index is 770. The van der Waals surface area contributed by atoms with Gasteiger partial charge in [-0.3, -0.25) is 9.59 Å². The Morgan fingerprint density at radius 3 is 2.52 bits per heavy atom. The molecule has 0 saturated carbocycles. The van der Waals surface area contributed by atoms with E-state index in [4.69, 9.17) is 4.52 Å².